The number of ether oxygens (including phenoxy) is 1. The Kier molecular flexibility index (Phi) is 8.16. The average molecular weight is 457 g/mol. The zero-order valence-electron chi connectivity index (χ0n) is 18.2. The van der Waals surface area contributed by atoms with Crippen molar-refractivity contribution in [3.8, 4) is 11.1 Å². The highest BCUT2D eigenvalue weighted by atomic mass is 32.2. The number of thioether (sulfide) groups is 1. The van der Waals surface area contributed by atoms with E-state index in [0.29, 0.717) is 12.2 Å². The van der Waals surface area contributed by atoms with Crippen LogP contribution in [0.3, 0.4) is 0 Å². The predicted molar refractivity (Wildman–Crippen MR) is 125 cm³/mol. The first-order valence-electron chi connectivity index (χ1n) is 10.5. The normalized spacial score (nSPS) is 14.1. The Labute approximate surface area is 191 Å². The number of alkyl carbamates (subject to hydrolysis) is 1. The molecule has 0 spiro atoms. The molecule has 0 bridgehead atoms. The van der Waals surface area contributed by atoms with Crippen LogP contribution in [0.5, 0.6) is 0 Å². The first-order valence-corrected chi connectivity index (χ1v) is 11.9. The topological polar surface area (TPSA) is 105 Å². The maximum atomic E-state index is 12.3. The largest absolute Gasteiger partial charge is 0.480 e. The summed E-state index contributed by atoms with van der Waals surface area (Å²) in [4.78, 5) is 35.8. The van der Waals surface area contributed by atoms with Gasteiger partial charge in [0.1, 0.15) is 12.6 Å². The number of benzene rings is 2. The average Bonchev–Trinajstić information content (AvgIpc) is 3.08. The number of carboxylic acid groups (broad SMARTS) is 1. The van der Waals surface area contributed by atoms with Gasteiger partial charge in [-0.05, 0) is 47.6 Å². The molecule has 0 aliphatic heterocycles. The number of carbonyl (C=O) groups is 3. The highest BCUT2D eigenvalue weighted by molar-refractivity contribution is 7.98. The summed E-state index contributed by atoms with van der Waals surface area (Å²) < 4.78 is 5.49. The van der Waals surface area contributed by atoms with E-state index in [0.717, 1.165) is 22.3 Å². The van der Waals surface area contributed by atoms with Gasteiger partial charge in [-0.1, -0.05) is 48.5 Å². The molecule has 2 aromatic carbocycles. The number of fused-ring (bicyclic) bond motifs is 3. The van der Waals surface area contributed by atoms with Crippen LogP contribution in [-0.4, -0.2) is 53.8 Å². The zero-order chi connectivity index (χ0) is 23.1. The van der Waals surface area contributed by atoms with Gasteiger partial charge in [0.25, 0.3) is 0 Å². The first-order chi connectivity index (χ1) is 15.4. The molecule has 1 aliphatic carbocycles. The lowest BCUT2D eigenvalue weighted by Gasteiger charge is -2.18. The van der Waals surface area contributed by atoms with Gasteiger partial charge in [0.05, 0.1) is 0 Å². The molecule has 3 rings (SSSR count). The minimum absolute atomic E-state index is 0.0345. The first kappa shape index (κ1) is 23.7. The van der Waals surface area contributed by atoms with Gasteiger partial charge < -0.3 is 20.5 Å². The van der Waals surface area contributed by atoms with Gasteiger partial charge in [0.2, 0.25) is 5.91 Å². The fraction of sp³-hybridized carbons (Fsp3) is 0.375. The summed E-state index contributed by atoms with van der Waals surface area (Å²) in [6.45, 7) is 1.87. The molecule has 1 aliphatic rings. The Morgan fingerprint density at radius 2 is 1.62 bits per heavy atom. The van der Waals surface area contributed by atoms with Crippen LogP contribution in [0.1, 0.15) is 36.8 Å². The van der Waals surface area contributed by atoms with Gasteiger partial charge >= 0.3 is 12.1 Å². The van der Waals surface area contributed by atoms with Crippen LogP contribution < -0.4 is 10.6 Å². The van der Waals surface area contributed by atoms with Crippen molar-refractivity contribution in [3.63, 3.8) is 0 Å². The van der Waals surface area contributed by atoms with Crippen molar-refractivity contribution in [2.75, 3.05) is 18.6 Å². The van der Waals surface area contributed by atoms with Gasteiger partial charge in [-0.25, -0.2) is 9.59 Å². The third-order valence-electron chi connectivity index (χ3n) is 5.44. The second kappa shape index (κ2) is 11.0. The van der Waals surface area contributed by atoms with E-state index >= 15 is 0 Å². The van der Waals surface area contributed by atoms with Crippen LogP contribution in [0.2, 0.25) is 0 Å². The molecule has 0 radical (unpaired) electrons. The molecule has 2 atom stereocenters. The van der Waals surface area contributed by atoms with E-state index in [4.69, 9.17) is 4.74 Å². The Hall–Kier alpha value is -3.00. The van der Waals surface area contributed by atoms with Gasteiger partial charge in [-0.3, -0.25) is 4.79 Å². The molecular formula is C24H28N2O5S. The summed E-state index contributed by atoms with van der Waals surface area (Å²) in [6, 6.07) is 14.7. The highest BCUT2D eigenvalue weighted by Gasteiger charge is 2.29. The van der Waals surface area contributed by atoms with E-state index in [9.17, 15) is 19.5 Å². The third-order valence-corrected chi connectivity index (χ3v) is 6.09. The van der Waals surface area contributed by atoms with Crippen LogP contribution in [-0.2, 0) is 14.3 Å². The van der Waals surface area contributed by atoms with Crippen molar-refractivity contribution < 1.29 is 24.2 Å². The lowest BCUT2D eigenvalue weighted by molar-refractivity contribution is -0.141. The quantitative estimate of drug-likeness (QED) is 0.504. The molecule has 170 valence electrons. The zero-order valence-corrected chi connectivity index (χ0v) is 19.0. The van der Waals surface area contributed by atoms with Crippen molar-refractivity contribution in [1.82, 2.24) is 10.6 Å². The van der Waals surface area contributed by atoms with E-state index in [1.54, 1.807) is 6.92 Å². The molecule has 3 N–H and O–H groups in total. The fourth-order valence-corrected chi connectivity index (χ4v) is 4.39. The van der Waals surface area contributed by atoms with E-state index in [-0.39, 0.29) is 18.9 Å². The molecule has 0 saturated carbocycles. The van der Waals surface area contributed by atoms with Crippen LogP contribution >= 0.6 is 11.8 Å². The molecule has 2 aromatic rings. The van der Waals surface area contributed by atoms with Gasteiger partial charge in [-0.2, -0.15) is 11.8 Å². The standard InChI is InChI=1S/C24H28N2O5S/c1-15(13-22(27)26-21(23(28)29)11-12-32-2)25-24(30)31-14-20-18-9-5-3-7-16(18)17-8-4-6-10-19(17)20/h3-10,15,20-21H,11-14H2,1-2H3,(H,25,30)(H,26,27)(H,28,29)/t15-,21+/m0/s1. The Morgan fingerprint density at radius 3 is 2.19 bits per heavy atom. The summed E-state index contributed by atoms with van der Waals surface area (Å²) in [5, 5.41) is 14.4. The lowest BCUT2D eigenvalue weighted by atomic mass is 9.98. The molecule has 0 heterocycles. The molecule has 0 saturated heterocycles. The number of nitrogens with one attached hydrogen (secondary N) is 2. The summed E-state index contributed by atoms with van der Waals surface area (Å²) in [6.07, 6.45) is 1.58. The molecule has 0 aromatic heterocycles. The minimum atomic E-state index is -1.07. The molecule has 2 amide bonds. The molecule has 8 heteroatoms. The summed E-state index contributed by atoms with van der Waals surface area (Å²) in [5.74, 6) is -0.904. The molecule has 7 nitrogen and oxygen atoms in total. The van der Waals surface area contributed by atoms with Crippen LogP contribution in [0.25, 0.3) is 11.1 Å². The predicted octanol–water partition coefficient (Wildman–Crippen LogP) is 3.63. The number of carbonyl (C=O) groups excluding carboxylic acids is 2. The number of carboxylic acids is 1. The van der Waals surface area contributed by atoms with Gasteiger partial charge in [0.15, 0.2) is 0 Å². The van der Waals surface area contributed by atoms with Gasteiger partial charge in [-0.15, -0.1) is 0 Å². The van der Waals surface area contributed by atoms with Crippen LogP contribution in [0.4, 0.5) is 4.79 Å². The summed E-state index contributed by atoms with van der Waals surface area (Å²) in [7, 11) is 0. The number of hydrogen-bond donors (Lipinski definition) is 3. The maximum Gasteiger partial charge on any atom is 0.407 e. The minimum Gasteiger partial charge on any atom is -0.480 e. The number of amides is 2. The van der Waals surface area contributed by atoms with Crippen molar-refractivity contribution in [2.45, 2.75) is 37.8 Å². The third kappa shape index (κ3) is 5.82. The SMILES string of the molecule is CSCC[C@@H](NC(=O)C[C@H](C)NC(=O)OCC1c2ccccc2-c2ccccc21)C(=O)O. The molecule has 0 fully saturated rings. The molecule has 32 heavy (non-hydrogen) atoms. The summed E-state index contributed by atoms with van der Waals surface area (Å²) in [5.41, 5.74) is 4.55. The lowest BCUT2D eigenvalue weighted by Crippen LogP contribution is -2.44. The Bertz CT molecular complexity index is 935. The van der Waals surface area contributed by atoms with Crippen molar-refractivity contribution in [3.05, 3.63) is 59.7 Å². The Morgan fingerprint density at radius 1 is 1.03 bits per heavy atom. The maximum absolute atomic E-state index is 12.3. The van der Waals surface area contributed by atoms with Crippen molar-refractivity contribution in [2.24, 2.45) is 0 Å². The second-order valence-electron chi connectivity index (χ2n) is 7.81. The Balaban J connectivity index is 1.51. The van der Waals surface area contributed by atoms with E-state index in [1.165, 1.54) is 11.8 Å². The van der Waals surface area contributed by atoms with Crippen LogP contribution in [0.15, 0.2) is 48.5 Å². The number of aliphatic carboxylic acids is 1. The summed E-state index contributed by atoms with van der Waals surface area (Å²) >= 11 is 1.52. The molecule has 0 unspecified atom stereocenters. The van der Waals surface area contributed by atoms with Crippen molar-refractivity contribution >= 4 is 29.7 Å². The van der Waals surface area contributed by atoms with E-state index in [2.05, 4.69) is 22.8 Å². The van der Waals surface area contributed by atoms with Crippen molar-refractivity contribution in [1.29, 1.82) is 0 Å². The molecular weight excluding hydrogens is 428 g/mol. The second-order valence-corrected chi connectivity index (χ2v) is 8.80. The van der Waals surface area contributed by atoms with Crippen LogP contribution in [0, 0.1) is 0 Å². The number of rotatable bonds is 10. The number of hydrogen-bond acceptors (Lipinski definition) is 5. The fourth-order valence-electron chi connectivity index (χ4n) is 3.92. The smallest absolute Gasteiger partial charge is 0.407 e. The van der Waals surface area contributed by atoms with Gasteiger partial charge in [0, 0.05) is 18.4 Å². The van der Waals surface area contributed by atoms with E-state index < -0.39 is 30.1 Å². The monoisotopic (exact) mass is 456 g/mol. The highest BCUT2D eigenvalue weighted by Crippen LogP contribution is 2.44. The van der Waals surface area contributed by atoms with E-state index in [1.807, 2.05) is 42.7 Å².